The molecule has 5 aromatic rings. The number of terminal acetylenes is 1. The van der Waals surface area contributed by atoms with Crippen LogP contribution in [-0.2, 0) is 49.8 Å². The number of hydrogen-bond donors (Lipinski definition) is 0. The van der Waals surface area contributed by atoms with E-state index in [0.717, 1.165) is 9.65 Å². The van der Waals surface area contributed by atoms with Gasteiger partial charge in [-0.25, -0.2) is 14.8 Å². The second-order valence-electron chi connectivity index (χ2n) is 13.1. The van der Waals surface area contributed by atoms with Crippen molar-refractivity contribution in [2.24, 2.45) is 5.41 Å². The van der Waals surface area contributed by atoms with Crippen molar-refractivity contribution in [2.45, 2.75) is 70.0 Å². The van der Waals surface area contributed by atoms with Crippen LogP contribution in [0.25, 0.3) is 22.4 Å². The molecule has 1 aliphatic heterocycles. The van der Waals surface area contributed by atoms with Gasteiger partial charge >= 0.3 is 11.9 Å². The first-order chi connectivity index (χ1) is 26.1. The predicted octanol–water partition coefficient (Wildman–Crippen LogP) is 4.51. The van der Waals surface area contributed by atoms with E-state index in [4.69, 9.17) is 37.0 Å². The molecule has 286 valence electrons. The summed E-state index contributed by atoms with van der Waals surface area (Å²) < 4.78 is 52.9. The van der Waals surface area contributed by atoms with Gasteiger partial charge in [-0.05, 0) is 57.0 Å². The van der Waals surface area contributed by atoms with Gasteiger partial charge in [0.2, 0.25) is 10.9 Å². The summed E-state index contributed by atoms with van der Waals surface area (Å²) in [6.45, 7) is 7.13. The number of Topliss-reactive ketones (excluding diaryl/α,β-unsaturated/α-hetero) is 1. The third kappa shape index (κ3) is 7.35. The second-order valence-corrected chi connectivity index (χ2v) is 15.3. The Bertz CT molecular complexity index is 2410. The van der Waals surface area contributed by atoms with Crippen molar-refractivity contribution in [1.82, 2.24) is 28.7 Å². The van der Waals surface area contributed by atoms with Crippen molar-refractivity contribution in [3.05, 3.63) is 89.7 Å². The number of halogens is 1. The number of nitrogens with zero attached hydrogens (tertiary/aromatic N) is 6. The molecule has 4 heterocycles. The molecule has 0 radical (unpaired) electrons. The van der Waals surface area contributed by atoms with Crippen molar-refractivity contribution in [3.8, 4) is 23.6 Å². The van der Waals surface area contributed by atoms with Crippen LogP contribution < -0.4 is 0 Å². The van der Waals surface area contributed by atoms with Crippen LogP contribution >= 0.6 is 11.6 Å². The van der Waals surface area contributed by atoms with Crippen LogP contribution in [0.4, 0.5) is 0 Å². The average Bonchev–Trinajstić information content (AvgIpc) is 3.88. The molecule has 15 nitrogen and oxygen atoms in total. The number of carbonyl (C=O) groups is 3. The lowest BCUT2D eigenvalue weighted by atomic mass is 9.81. The Kier molecular flexibility index (Phi) is 10.9. The molecule has 0 bridgehead atoms. The van der Waals surface area contributed by atoms with E-state index < -0.39 is 63.8 Å². The summed E-state index contributed by atoms with van der Waals surface area (Å²) in [5, 5.41) is 3.87. The van der Waals surface area contributed by atoms with Gasteiger partial charge in [0, 0.05) is 18.9 Å². The summed E-state index contributed by atoms with van der Waals surface area (Å²) in [5.74, 6) is 0.543. The normalized spacial score (nSPS) is 20.8. The molecule has 1 saturated heterocycles. The van der Waals surface area contributed by atoms with Gasteiger partial charge in [-0.2, -0.15) is 22.6 Å². The van der Waals surface area contributed by atoms with Crippen LogP contribution in [0.3, 0.4) is 0 Å². The maximum absolute atomic E-state index is 13.5. The van der Waals surface area contributed by atoms with Crippen molar-refractivity contribution in [3.63, 3.8) is 0 Å². The zero-order valence-corrected chi connectivity index (χ0v) is 32.1. The maximum atomic E-state index is 13.5. The number of rotatable bonds is 13. The van der Waals surface area contributed by atoms with Gasteiger partial charge in [0.25, 0.3) is 10.0 Å². The lowest BCUT2D eigenvalue weighted by Gasteiger charge is -2.33. The van der Waals surface area contributed by atoms with Gasteiger partial charge < -0.3 is 18.9 Å². The highest BCUT2D eigenvalue weighted by atomic mass is 35.5. The molecular formula is C38H37ClN6O9S. The van der Waals surface area contributed by atoms with Gasteiger partial charge in [0.05, 0.1) is 42.2 Å². The molecule has 0 amide bonds. The molecule has 55 heavy (non-hydrogen) atoms. The number of ketones is 1. The highest BCUT2D eigenvalue weighted by molar-refractivity contribution is 7.89. The Hall–Kier alpha value is -5.47. The Morgan fingerprint density at radius 1 is 1.09 bits per heavy atom. The monoisotopic (exact) mass is 788 g/mol. The maximum Gasteiger partial charge on any atom is 0.346 e. The average molecular weight is 789 g/mol. The summed E-state index contributed by atoms with van der Waals surface area (Å²) >= 11 is 6.44. The topological polar surface area (TPSA) is 184 Å². The lowest BCUT2D eigenvalue weighted by molar-refractivity contribution is -0.182. The molecule has 0 spiro atoms. The Morgan fingerprint density at radius 2 is 1.80 bits per heavy atom. The molecule has 1 fully saturated rings. The van der Waals surface area contributed by atoms with E-state index in [9.17, 15) is 22.8 Å². The number of esters is 2. The van der Waals surface area contributed by atoms with Crippen LogP contribution in [-0.4, -0.2) is 85.9 Å². The third-order valence-corrected chi connectivity index (χ3v) is 11.2. The van der Waals surface area contributed by atoms with Crippen molar-refractivity contribution in [1.29, 1.82) is 0 Å². The summed E-state index contributed by atoms with van der Waals surface area (Å²) in [6, 6.07) is 15.2. The van der Waals surface area contributed by atoms with Gasteiger partial charge in [-0.3, -0.25) is 14.2 Å². The van der Waals surface area contributed by atoms with Crippen LogP contribution in [0.2, 0.25) is 5.28 Å². The molecule has 0 aliphatic carbocycles. The third-order valence-electron chi connectivity index (χ3n) is 9.44. The zero-order chi connectivity index (χ0) is 39.7. The molecule has 2 aromatic carbocycles. The number of fused-ring (bicyclic) bond motifs is 1. The Labute approximate surface area is 322 Å². The van der Waals surface area contributed by atoms with Crippen LogP contribution in [0.5, 0.6) is 0 Å². The van der Waals surface area contributed by atoms with Gasteiger partial charge in [0.1, 0.15) is 17.3 Å². The molecule has 5 atom stereocenters. The smallest absolute Gasteiger partial charge is 0.346 e. The SMILES string of the molecule is C#C[C@@]1(C)[C@@H](COC(Cc2ccccc2)(C(C)=O)C(=O)OCC)O[C@@H](n2cnc3c(-c4cnn(S(=O)(=O)c5ccc(C)cc5)c4)nc(Cl)nc32)[C@@H]1OC(C)=O. The number of hydrogen-bond acceptors (Lipinski definition) is 13. The molecule has 1 aliphatic rings. The molecule has 3 aromatic heterocycles. The highest BCUT2D eigenvalue weighted by Crippen LogP contribution is 2.47. The largest absolute Gasteiger partial charge is 0.463 e. The summed E-state index contributed by atoms with van der Waals surface area (Å²) in [4.78, 5) is 52.6. The fourth-order valence-corrected chi connectivity index (χ4v) is 7.66. The van der Waals surface area contributed by atoms with Crippen LogP contribution in [0.1, 0.15) is 45.0 Å². The van der Waals surface area contributed by atoms with E-state index in [1.54, 1.807) is 56.3 Å². The zero-order valence-electron chi connectivity index (χ0n) is 30.5. The van der Waals surface area contributed by atoms with Crippen molar-refractivity contribution < 1.29 is 41.7 Å². The Balaban J connectivity index is 1.38. The van der Waals surface area contributed by atoms with E-state index in [2.05, 4.69) is 26.0 Å². The first-order valence-electron chi connectivity index (χ1n) is 17.1. The summed E-state index contributed by atoms with van der Waals surface area (Å²) in [5.41, 5.74) is -1.20. The van der Waals surface area contributed by atoms with Crippen LogP contribution in [0, 0.1) is 24.7 Å². The van der Waals surface area contributed by atoms with Crippen molar-refractivity contribution in [2.75, 3.05) is 13.2 Å². The van der Waals surface area contributed by atoms with E-state index in [0.29, 0.717) is 5.56 Å². The van der Waals surface area contributed by atoms with Gasteiger partial charge in [-0.1, -0.05) is 53.9 Å². The van der Waals surface area contributed by atoms with Crippen molar-refractivity contribution >= 4 is 50.5 Å². The van der Waals surface area contributed by atoms with E-state index >= 15 is 0 Å². The molecule has 6 rings (SSSR count). The van der Waals surface area contributed by atoms with Crippen LogP contribution in [0.15, 0.2) is 78.2 Å². The predicted molar refractivity (Wildman–Crippen MR) is 198 cm³/mol. The Morgan fingerprint density at radius 3 is 2.44 bits per heavy atom. The summed E-state index contributed by atoms with van der Waals surface area (Å²) in [7, 11) is -4.05. The number of imidazole rings is 1. The quantitative estimate of drug-likeness (QED) is 0.0704. The van der Waals surface area contributed by atoms with E-state index in [1.165, 1.54) is 49.3 Å². The minimum absolute atomic E-state index is 0.00588. The first-order valence-corrected chi connectivity index (χ1v) is 18.9. The minimum atomic E-state index is -4.05. The standard InChI is InChI=1S/C38H37ClN6O9S/c1-7-37(6)29(21-52-38(24(4)46,35(48)51-8-2)18-26-12-10-9-11-13-26)54-34(32(37)53-25(5)47)44-22-40-31-30(42-36(39)43-33(31)44)27-19-41-45(20-27)55(49,50)28-16-14-23(3)15-17-28/h1,9-17,19-20,22,29,32,34H,8,18,21H2,2-6H3/t29-,32+,34-,37+,38?/m1/s1. The number of aryl methyl sites for hydroxylation is 1. The molecule has 0 saturated carbocycles. The van der Waals surface area contributed by atoms with Gasteiger partial charge in [0.15, 0.2) is 23.8 Å². The lowest BCUT2D eigenvalue weighted by Crippen LogP contribution is -2.53. The van der Waals surface area contributed by atoms with E-state index in [-0.39, 0.29) is 45.6 Å². The summed E-state index contributed by atoms with van der Waals surface area (Å²) in [6.07, 6.45) is 6.51. The van der Waals surface area contributed by atoms with Gasteiger partial charge in [-0.15, -0.1) is 6.42 Å². The molecule has 1 unspecified atom stereocenters. The second kappa shape index (κ2) is 15.3. The molecular weight excluding hydrogens is 752 g/mol. The number of ether oxygens (including phenoxy) is 4. The first kappa shape index (κ1) is 39.2. The highest BCUT2D eigenvalue weighted by Gasteiger charge is 2.58. The number of aromatic nitrogens is 6. The number of benzene rings is 2. The minimum Gasteiger partial charge on any atom is -0.463 e. The molecule has 0 N–H and O–H groups in total. The fraction of sp³-hybridized carbons (Fsp3) is 0.342. The fourth-order valence-electron chi connectivity index (χ4n) is 6.37. The molecule has 17 heteroatoms. The number of carbonyl (C=O) groups excluding carboxylic acids is 3. The van der Waals surface area contributed by atoms with E-state index in [1.807, 2.05) is 6.92 Å².